The van der Waals surface area contributed by atoms with Gasteiger partial charge in [0.1, 0.15) is 0 Å². The number of nitrogens with zero attached hydrogens (tertiary/aromatic N) is 2. The molecule has 3 saturated carbocycles. The second kappa shape index (κ2) is 5.93. The van der Waals surface area contributed by atoms with Crippen molar-refractivity contribution in [2.45, 2.75) is 69.4 Å². The lowest BCUT2D eigenvalue weighted by Crippen LogP contribution is -2.44. The number of ether oxygens (including phenoxy) is 1. The Kier molecular flexibility index (Phi) is 3.95. The van der Waals surface area contributed by atoms with Crippen molar-refractivity contribution in [2.75, 3.05) is 7.11 Å². The minimum absolute atomic E-state index is 0.411. The Hall–Kier alpha value is -0.940. The maximum Gasteiger partial charge on any atom is 0.229 e. The molecule has 0 aromatic carbocycles. The van der Waals surface area contributed by atoms with Crippen LogP contribution in [0.1, 0.15) is 62.6 Å². The first-order valence-electron chi connectivity index (χ1n) is 8.83. The van der Waals surface area contributed by atoms with Gasteiger partial charge in [0.05, 0.1) is 6.10 Å². The van der Waals surface area contributed by atoms with Crippen molar-refractivity contribution in [3.63, 3.8) is 0 Å². The highest BCUT2D eigenvalue weighted by molar-refractivity contribution is 5.07. The first kappa shape index (κ1) is 14.6. The molecule has 5 nitrogen and oxygen atoms in total. The largest absolute Gasteiger partial charge is 0.381 e. The molecule has 1 aromatic heterocycles. The Morgan fingerprint density at radius 1 is 1.18 bits per heavy atom. The zero-order valence-corrected chi connectivity index (χ0v) is 13.4. The Balaban J connectivity index is 1.32. The number of hydrogen-bond acceptors (Lipinski definition) is 5. The van der Waals surface area contributed by atoms with Gasteiger partial charge >= 0.3 is 0 Å². The fraction of sp³-hybridized carbons (Fsp3) is 0.882. The highest BCUT2D eigenvalue weighted by Gasteiger charge is 2.47. The molecule has 22 heavy (non-hydrogen) atoms. The maximum atomic E-state index is 6.08. The van der Waals surface area contributed by atoms with Gasteiger partial charge in [0.25, 0.3) is 0 Å². The van der Waals surface area contributed by atoms with Gasteiger partial charge in [-0.25, -0.2) is 0 Å². The normalized spacial score (nSPS) is 41.2. The van der Waals surface area contributed by atoms with E-state index in [0.29, 0.717) is 29.9 Å². The van der Waals surface area contributed by atoms with Crippen LogP contribution in [0.15, 0.2) is 4.52 Å². The Morgan fingerprint density at radius 3 is 2.68 bits per heavy atom. The number of rotatable bonds is 4. The minimum atomic E-state index is 0.411. The third kappa shape index (κ3) is 2.69. The zero-order chi connectivity index (χ0) is 15.1. The standard InChI is InChI=1S/C17H27N3O2/c1-21-13-4-2-10(3-5-13)6-16-19-17(22-20-16)12-7-11-9-15(18)14(11)8-12/h10-15H,2-9,18H2,1H3/t10?,11-,12?,13?,14-,15+/m1/s1. The van der Waals surface area contributed by atoms with Crippen LogP contribution in [0.4, 0.5) is 0 Å². The predicted molar refractivity (Wildman–Crippen MR) is 82.3 cm³/mol. The van der Waals surface area contributed by atoms with E-state index in [0.717, 1.165) is 43.3 Å². The van der Waals surface area contributed by atoms with Crippen molar-refractivity contribution >= 4 is 0 Å². The van der Waals surface area contributed by atoms with Crippen LogP contribution in [0.3, 0.4) is 0 Å². The molecule has 0 bridgehead atoms. The number of methoxy groups -OCH3 is 1. The fourth-order valence-electron chi connectivity index (χ4n) is 4.83. The maximum absolute atomic E-state index is 6.08. The third-order valence-electron chi connectivity index (χ3n) is 6.31. The van der Waals surface area contributed by atoms with Crippen molar-refractivity contribution in [1.29, 1.82) is 0 Å². The summed E-state index contributed by atoms with van der Waals surface area (Å²) in [4.78, 5) is 4.70. The van der Waals surface area contributed by atoms with Crippen LogP contribution in [0.25, 0.3) is 0 Å². The molecule has 0 amide bonds. The van der Waals surface area contributed by atoms with E-state index in [1.54, 1.807) is 0 Å². The van der Waals surface area contributed by atoms with Gasteiger partial charge in [-0.2, -0.15) is 4.98 Å². The number of aromatic nitrogens is 2. The molecule has 3 aliphatic rings. The van der Waals surface area contributed by atoms with Crippen LogP contribution in [-0.4, -0.2) is 29.4 Å². The molecular formula is C17H27N3O2. The predicted octanol–water partition coefficient (Wildman–Crippen LogP) is 2.66. The zero-order valence-electron chi connectivity index (χ0n) is 13.4. The number of hydrogen-bond donors (Lipinski definition) is 1. The van der Waals surface area contributed by atoms with Gasteiger partial charge < -0.3 is 15.0 Å². The molecule has 3 fully saturated rings. The van der Waals surface area contributed by atoms with Crippen LogP contribution in [-0.2, 0) is 11.2 Å². The molecule has 4 atom stereocenters. The van der Waals surface area contributed by atoms with Crippen molar-refractivity contribution in [3.8, 4) is 0 Å². The van der Waals surface area contributed by atoms with E-state index < -0.39 is 0 Å². The van der Waals surface area contributed by atoms with Crippen molar-refractivity contribution in [3.05, 3.63) is 11.7 Å². The average Bonchev–Trinajstić information content (AvgIpc) is 3.12. The number of nitrogens with two attached hydrogens (primary N) is 1. The van der Waals surface area contributed by atoms with E-state index >= 15 is 0 Å². The summed E-state index contributed by atoms with van der Waals surface area (Å²) >= 11 is 0. The SMILES string of the molecule is COC1CCC(Cc2noc(C3C[C@@H]4C[C@H](N)[C@@H]4C3)n2)CC1. The Morgan fingerprint density at radius 2 is 2.00 bits per heavy atom. The van der Waals surface area contributed by atoms with Crippen LogP contribution >= 0.6 is 0 Å². The summed E-state index contributed by atoms with van der Waals surface area (Å²) in [6.07, 6.45) is 9.69. The minimum Gasteiger partial charge on any atom is -0.381 e. The van der Waals surface area contributed by atoms with Crippen LogP contribution in [0.2, 0.25) is 0 Å². The molecule has 1 aromatic rings. The van der Waals surface area contributed by atoms with Crippen molar-refractivity contribution in [2.24, 2.45) is 23.5 Å². The molecule has 3 aliphatic carbocycles. The van der Waals surface area contributed by atoms with Gasteiger partial charge in [0.2, 0.25) is 5.89 Å². The van der Waals surface area contributed by atoms with E-state index in [2.05, 4.69) is 5.16 Å². The molecule has 0 spiro atoms. The van der Waals surface area contributed by atoms with Crippen LogP contribution < -0.4 is 5.73 Å². The van der Waals surface area contributed by atoms with Crippen LogP contribution in [0, 0.1) is 17.8 Å². The van der Waals surface area contributed by atoms with Gasteiger partial charge in [-0.1, -0.05) is 5.16 Å². The Labute approximate surface area is 132 Å². The molecule has 0 aliphatic heterocycles. The molecular weight excluding hydrogens is 278 g/mol. The van der Waals surface area contributed by atoms with Crippen molar-refractivity contribution in [1.82, 2.24) is 10.1 Å². The van der Waals surface area contributed by atoms with E-state index in [-0.39, 0.29) is 0 Å². The van der Waals surface area contributed by atoms with E-state index in [4.69, 9.17) is 20.0 Å². The molecule has 1 unspecified atom stereocenters. The smallest absolute Gasteiger partial charge is 0.229 e. The first-order valence-corrected chi connectivity index (χ1v) is 8.83. The second-order valence-corrected chi connectivity index (χ2v) is 7.62. The quantitative estimate of drug-likeness (QED) is 0.925. The lowest BCUT2D eigenvalue weighted by Gasteiger charge is -2.37. The molecule has 5 heteroatoms. The summed E-state index contributed by atoms with van der Waals surface area (Å²) in [7, 11) is 1.82. The van der Waals surface area contributed by atoms with E-state index in [1.807, 2.05) is 7.11 Å². The van der Waals surface area contributed by atoms with Gasteiger partial charge in [-0.3, -0.25) is 0 Å². The summed E-state index contributed by atoms with van der Waals surface area (Å²) in [5.41, 5.74) is 6.08. The molecule has 4 rings (SSSR count). The first-order chi connectivity index (χ1) is 10.7. The lowest BCUT2D eigenvalue weighted by molar-refractivity contribution is 0.0565. The molecule has 0 saturated heterocycles. The summed E-state index contributed by atoms with van der Waals surface area (Å²) in [6, 6.07) is 0.411. The average molecular weight is 305 g/mol. The topological polar surface area (TPSA) is 74.2 Å². The number of fused-ring (bicyclic) bond motifs is 1. The molecule has 122 valence electrons. The second-order valence-electron chi connectivity index (χ2n) is 7.62. The molecule has 1 heterocycles. The van der Waals surface area contributed by atoms with Gasteiger partial charge in [0.15, 0.2) is 5.82 Å². The van der Waals surface area contributed by atoms with Gasteiger partial charge in [0, 0.05) is 25.5 Å². The lowest BCUT2D eigenvalue weighted by atomic mass is 9.72. The van der Waals surface area contributed by atoms with E-state index in [9.17, 15) is 0 Å². The van der Waals surface area contributed by atoms with Gasteiger partial charge in [-0.05, 0) is 62.7 Å². The molecule has 0 radical (unpaired) electrons. The summed E-state index contributed by atoms with van der Waals surface area (Å²) in [6.45, 7) is 0. The fourth-order valence-corrected chi connectivity index (χ4v) is 4.83. The summed E-state index contributed by atoms with van der Waals surface area (Å²) in [5, 5.41) is 4.23. The highest BCUT2D eigenvalue weighted by Crippen LogP contribution is 2.52. The third-order valence-corrected chi connectivity index (χ3v) is 6.31. The monoisotopic (exact) mass is 305 g/mol. The van der Waals surface area contributed by atoms with Crippen LogP contribution in [0.5, 0.6) is 0 Å². The molecule has 2 N–H and O–H groups in total. The van der Waals surface area contributed by atoms with Gasteiger partial charge in [-0.15, -0.1) is 0 Å². The Bertz CT molecular complexity index is 510. The summed E-state index contributed by atoms with van der Waals surface area (Å²) < 4.78 is 11.0. The van der Waals surface area contributed by atoms with Crippen molar-refractivity contribution < 1.29 is 9.26 Å². The highest BCUT2D eigenvalue weighted by atomic mass is 16.5. The summed E-state index contributed by atoms with van der Waals surface area (Å²) in [5.74, 6) is 4.41. The van der Waals surface area contributed by atoms with E-state index in [1.165, 1.54) is 25.7 Å².